The second kappa shape index (κ2) is 5.73. The van der Waals surface area contributed by atoms with Crippen molar-refractivity contribution in [3.05, 3.63) is 29.3 Å². The molecule has 6 heteroatoms. The van der Waals surface area contributed by atoms with Crippen LogP contribution in [-0.2, 0) is 14.4 Å². The number of benzene rings is 1. The summed E-state index contributed by atoms with van der Waals surface area (Å²) < 4.78 is 0.940. The number of hydrogen-bond donors (Lipinski definition) is 1. The second-order valence-corrected chi connectivity index (χ2v) is 8.04. The Balaban J connectivity index is 1.85. The number of halogens is 1. The highest BCUT2D eigenvalue weighted by molar-refractivity contribution is 7.23. The molecule has 0 spiro atoms. The average Bonchev–Trinajstić information content (AvgIpc) is 2.73. The number of thiophene rings is 1. The Bertz CT molecular complexity index is 804. The number of fused-ring (bicyclic) bond motifs is 1. The van der Waals surface area contributed by atoms with Crippen molar-refractivity contribution in [3.63, 3.8) is 0 Å². The van der Waals surface area contributed by atoms with Crippen LogP contribution in [0.3, 0.4) is 0 Å². The van der Waals surface area contributed by atoms with Gasteiger partial charge < -0.3 is 5.32 Å². The van der Waals surface area contributed by atoms with Gasteiger partial charge >= 0.3 is 0 Å². The Hall–Kier alpha value is -1.72. The summed E-state index contributed by atoms with van der Waals surface area (Å²) in [5.74, 6) is -2.43. The zero-order valence-electron chi connectivity index (χ0n) is 12.8. The van der Waals surface area contributed by atoms with E-state index in [4.69, 9.17) is 11.6 Å². The molecule has 1 heterocycles. The third-order valence-electron chi connectivity index (χ3n) is 3.98. The summed E-state index contributed by atoms with van der Waals surface area (Å²) in [7, 11) is 0. The largest absolute Gasteiger partial charge is 0.315 e. The predicted octanol–water partition coefficient (Wildman–Crippen LogP) is 4.07. The molecule has 1 saturated carbocycles. The lowest BCUT2D eigenvalue weighted by Gasteiger charge is -2.31. The molecular formula is C17H16ClNO3S. The number of Topliss-reactive ketones (excluding diaryl/α,β-unsaturated/α-hetero) is 2. The molecule has 1 aliphatic carbocycles. The van der Waals surface area contributed by atoms with Crippen LogP contribution in [-0.4, -0.2) is 17.5 Å². The standard InChI is InChI=1S/C17H16ClNO3S/c1-17(2)7-10(20)13(11(21)8-17)15(22)19-16-14(18)9-5-3-4-6-12(9)23-16/h3-6,13H,7-8H2,1-2H3,(H,19,22). The number of ketones is 2. The molecule has 2 aromatic rings. The Labute approximate surface area is 142 Å². The van der Waals surface area contributed by atoms with Gasteiger partial charge in [0.2, 0.25) is 5.91 Å². The average molecular weight is 350 g/mol. The maximum atomic E-state index is 12.4. The topological polar surface area (TPSA) is 63.2 Å². The third kappa shape index (κ3) is 3.03. The SMILES string of the molecule is CC1(C)CC(=O)C(C(=O)Nc2sc3ccccc3c2Cl)C(=O)C1. The first-order chi connectivity index (χ1) is 10.8. The van der Waals surface area contributed by atoms with Crippen LogP contribution in [0, 0.1) is 11.3 Å². The highest BCUT2D eigenvalue weighted by Crippen LogP contribution is 2.40. The van der Waals surface area contributed by atoms with Crippen LogP contribution in [0.15, 0.2) is 24.3 Å². The number of rotatable bonds is 2. The molecule has 1 aromatic carbocycles. The van der Waals surface area contributed by atoms with Crippen LogP contribution < -0.4 is 5.32 Å². The zero-order chi connectivity index (χ0) is 16.8. The van der Waals surface area contributed by atoms with Crippen molar-refractivity contribution in [2.45, 2.75) is 26.7 Å². The van der Waals surface area contributed by atoms with E-state index in [1.807, 2.05) is 38.1 Å². The summed E-state index contributed by atoms with van der Waals surface area (Å²) in [5.41, 5.74) is -0.375. The van der Waals surface area contributed by atoms with Crippen molar-refractivity contribution in [2.75, 3.05) is 5.32 Å². The molecule has 0 aliphatic heterocycles. The number of hydrogen-bond acceptors (Lipinski definition) is 4. The summed E-state index contributed by atoms with van der Waals surface area (Å²) in [6.45, 7) is 3.72. The summed E-state index contributed by atoms with van der Waals surface area (Å²) in [6.07, 6.45) is 0.466. The first kappa shape index (κ1) is 16.1. The quantitative estimate of drug-likeness (QED) is 0.831. The fourth-order valence-corrected chi connectivity index (χ4v) is 4.34. The molecule has 1 aliphatic rings. The molecule has 1 N–H and O–H groups in total. The lowest BCUT2D eigenvalue weighted by Crippen LogP contribution is -2.43. The van der Waals surface area contributed by atoms with E-state index >= 15 is 0 Å². The normalized spacial score (nSPS) is 18.4. The maximum absolute atomic E-state index is 12.4. The second-order valence-electron chi connectivity index (χ2n) is 6.61. The molecule has 0 saturated heterocycles. The minimum Gasteiger partial charge on any atom is -0.315 e. The molecule has 0 radical (unpaired) electrons. The highest BCUT2D eigenvalue weighted by Gasteiger charge is 2.43. The predicted molar refractivity (Wildman–Crippen MR) is 92.0 cm³/mol. The van der Waals surface area contributed by atoms with E-state index in [2.05, 4.69) is 5.32 Å². The van der Waals surface area contributed by atoms with Crippen LogP contribution >= 0.6 is 22.9 Å². The molecule has 1 aromatic heterocycles. The third-order valence-corrected chi connectivity index (χ3v) is 5.57. The summed E-state index contributed by atoms with van der Waals surface area (Å²) >= 11 is 7.62. The summed E-state index contributed by atoms with van der Waals surface area (Å²) in [5, 5.41) is 4.42. The van der Waals surface area contributed by atoms with Crippen molar-refractivity contribution in [3.8, 4) is 0 Å². The van der Waals surface area contributed by atoms with Gasteiger partial charge in [0, 0.05) is 22.9 Å². The van der Waals surface area contributed by atoms with E-state index in [1.165, 1.54) is 11.3 Å². The molecule has 1 fully saturated rings. The van der Waals surface area contributed by atoms with Gasteiger partial charge in [0.1, 0.15) is 5.00 Å². The zero-order valence-corrected chi connectivity index (χ0v) is 14.4. The fraction of sp³-hybridized carbons (Fsp3) is 0.353. The van der Waals surface area contributed by atoms with Gasteiger partial charge in [0.25, 0.3) is 0 Å². The van der Waals surface area contributed by atoms with E-state index in [9.17, 15) is 14.4 Å². The van der Waals surface area contributed by atoms with Gasteiger partial charge in [-0.05, 0) is 11.5 Å². The molecule has 23 heavy (non-hydrogen) atoms. The number of nitrogens with one attached hydrogen (secondary N) is 1. The van der Waals surface area contributed by atoms with E-state index in [1.54, 1.807) is 0 Å². The van der Waals surface area contributed by atoms with Crippen molar-refractivity contribution in [1.82, 2.24) is 0 Å². The van der Waals surface area contributed by atoms with Crippen molar-refractivity contribution >= 4 is 55.5 Å². The number of amides is 1. The Morgan fingerprint density at radius 2 is 1.83 bits per heavy atom. The van der Waals surface area contributed by atoms with Crippen molar-refractivity contribution in [2.24, 2.45) is 11.3 Å². The van der Waals surface area contributed by atoms with E-state index in [-0.39, 0.29) is 29.8 Å². The summed E-state index contributed by atoms with van der Waals surface area (Å²) in [6, 6.07) is 7.52. The maximum Gasteiger partial charge on any atom is 0.243 e. The van der Waals surface area contributed by atoms with Crippen molar-refractivity contribution < 1.29 is 14.4 Å². The van der Waals surface area contributed by atoms with Crippen LogP contribution in [0.1, 0.15) is 26.7 Å². The van der Waals surface area contributed by atoms with E-state index < -0.39 is 11.8 Å². The lowest BCUT2D eigenvalue weighted by atomic mass is 9.71. The number of anilines is 1. The smallest absolute Gasteiger partial charge is 0.243 e. The number of carbonyl (C=O) groups is 3. The first-order valence-corrected chi connectivity index (χ1v) is 8.51. The minimum absolute atomic E-state index is 0.233. The van der Waals surface area contributed by atoms with Gasteiger partial charge in [-0.1, -0.05) is 43.6 Å². The van der Waals surface area contributed by atoms with Gasteiger partial charge in [-0.3, -0.25) is 14.4 Å². The molecule has 0 bridgehead atoms. The van der Waals surface area contributed by atoms with Crippen molar-refractivity contribution in [1.29, 1.82) is 0 Å². The van der Waals surface area contributed by atoms with Crippen LogP contribution in [0.4, 0.5) is 5.00 Å². The van der Waals surface area contributed by atoms with Crippen LogP contribution in [0.2, 0.25) is 5.02 Å². The Morgan fingerprint density at radius 1 is 1.22 bits per heavy atom. The Kier molecular flexibility index (Phi) is 4.02. The van der Waals surface area contributed by atoms with Gasteiger partial charge in [-0.25, -0.2) is 0 Å². The number of carbonyl (C=O) groups excluding carboxylic acids is 3. The monoisotopic (exact) mass is 349 g/mol. The van der Waals surface area contributed by atoms with Crippen LogP contribution in [0.5, 0.6) is 0 Å². The molecule has 1 amide bonds. The molecule has 3 rings (SSSR count). The molecular weight excluding hydrogens is 334 g/mol. The fourth-order valence-electron chi connectivity index (χ4n) is 2.96. The molecule has 0 atom stereocenters. The van der Waals surface area contributed by atoms with Gasteiger partial charge in [0.05, 0.1) is 5.02 Å². The van der Waals surface area contributed by atoms with E-state index in [0.717, 1.165) is 10.1 Å². The minimum atomic E-state index is -1.22. The van der Waals surface area contributed by atoms with Gasteiger partial charge in [-0.2, -0.15) is 0 Å². The van der Waals surface area contributed by atoms with Crippen LogP contribution in [0.25, 0.3) is 10.1 Å². The molecule has 0 unspecified atom stereocenters. The molecule has 4 nitrogen and oxygen atoms in total. The molecule has 120 valence electrons. The first-order valence-electron chi connectivity index (χ1n) is 7.32. The Morgan fingerprint density at radius 3 is 2.43 bits per heavy atom. The lowest BCUT2D eigenvalue weighted by molar-refractivity contribution is -0.144. The van der Waals surface area contributed by atoms with Gasteiger partial charge in [0.15, 0.2) is 17.5 Å². The van der Waals surface area contributed by atoms with Gasteiger partial charge in [-0.15, -0.1) is 11.3 Å². The summed E-state index contributed by atoms with van der Waals surface area (Å²) in [4.78, 5) is 36.8. The highest BCUT2D eigenvalue weighted by atomic mass is 35.5. The van der Waals surface area contributed by atoms with E-state index in [0.29, 0.717) is 10.0 Å².